The molecule has 3 rings (SSSR count). The van der Waals surface area contributed by atoms with Crippen molar-refractivity contribution in [1.29, 1.82) is 0 Å². The Kier molecular flexibility index (Phi) is 3.01. The van der Waals surface area contributed by atoms with Gasteiger partial charge in [0, 0.05) is 23.5 Å². The first-order valence-electron chi connectivity index (χ1n) is 6.70. The zero-order chi connectivity index (χ0) is 11.9. The summed E-state index contributed by atoms with van der Waals surface area (Å²) in [6.07, 6.45) is 5.33. The number of hydrogen-bond acceptors (Lipinski definition) is 3. The van der Waals surface area contributed by atoms with Crippen molar-refractivity contribution in [3.63, 3.8) is 0 Å². The van der Waals surface area contributed by atoms with E-state index < -0.39 is 0 Å². The fourth-order valence-electron chi connectivity index (χ4n) is 3.68. The van der Waals surface area contributed by atoms with Crippen LogP contribution in [0.15, 0.2) is 17.5 Å². The number of hydrogen-bond donors (Lipinski definition) is 1. The van der Waals surface area contributed by atoms with Crippen LogP contribution in [-0.4, -0.2) is 30.6 Å². The predicted molar refractivity (Wildman–Crippen MR) is 73.3 cm³/mol. The van der Waals surface area contributed by atoms with Gasteiger partial charge in [-0.15, -0.1) is 11.3 Å². The summed E-state index contributed by atoms with van der Waals surface area (Å²) >= 11 is 1.87. The fraction of sp³-hybridized carbons (Fsp3) is 0.714. The lowest BCUT2D eigenvalue weighted by Crippen LogP contribution is -2.53. The first-order chi connectivity index (χ1) is 8.26. The predicted octanol–water partition coefficient (Wildman–Crippen LogP) is 2.35. The monoisotopic (exact) mass is 250 g/mol. The van der Waals surface area contributed by atoms with Crippen LogP contribution in [0.5, 0.6) is 0 Å². The van der Waals surface area contributed by atoms with Crippen LogP contribution >= 0.6 is 11.3 Å². The topological polar surface area (TPSA) is 29.3 Å². The minimum atomic E-state index is 0.335. The molecule has 2 nitrogen and oxygen atoms in total. The molecule has 0 aliphatic heterocycles. The Morgan fingerprint density at radius 1 is 1.59 bits per heavy atom. The maximum atomic E-state index is 6.10. The molecule has 2 aliphatic rings. The van der Waals surface area contributed by atoms with Gasteiger partial charge in [-0.05, 0) is 56.0 Å². The van der Waals surface area contributed by atoms with Crippen LogP contribution in [0.1, 0.15) is 24.1 Å². The molecule has 2 fully saturated rings. The number of nitrogens with zero attached hydrogens (tertiary/aromatic N) is 1. The Labute approximate surface area is 108 Å². The number of nitrogens with two attached hydrogens (primary N) is 1. The van der Waals surface area contributed by atoms with Gasteiger partial charge in [-0.2, -0.15) is 0 Å². The molecule has 0 spiro atoms. The summed E-state index contributed by atoms with van der Waals surface area (Å²) in [5.74, 6) is 1.91. The molecule has 2 aliphatic carbocycles. The Morgan fingerprint density at radius 2 is 2.47 bits per heavy atom. The SMILES string of the molecule is CN(CCc1cccs1)C1(CN)CCC2CC21. The van der Waals surface area contributed by atoms with Gasteiger partial charge in [0.05, 0.1) is 0 Å². The Balaban J connectivity index is 1.62. The molecule has 0 amide bonds. The van der Waals surface area contributed by atoms with Gasteiger partial charge in [0.2, 0.25) is 0 Å². The molecule has 3 heteroatoms. The van der Waals surface area contributed by atoms with Gasteiger partial charge in [-0.25, -0.2) is 0 Å². The fourth-order valence-corrected chi connectivity index (χ4v) is 4.38. The Bertz CT molecular complexity index is 376. The maximum Gasteiger partial charge on any atom is 0.0359 e. The van der Waals surface area contributed by atoms with Gasteiger partial charge in [0.15, 0.2) is 0 Å². The summed E-state index contributed by atoms with van der Waals surface area (Å²) in [6, 6.07) is 4.38. The van der Waals surface area contributed by atoms with Crippen molar-refractivity contribution in [1.82, 2.24) is 4.90 Å². The quantitative estimate of drug-likeness (QED) is 0.869. The van der Waals surface area contributed by atoms with Gasteiger partial charge >= 0.3 is 0 Å². The summed E-state index contributed by atoms with van der Waals surface area (Å²) < 4.78 is 0. The number of thiophene rings is 1. The molecule has 17 heavy (non-hydrogen) atoms. The Morgan fingerprint density at radius 3 is 3.00 bits per heavy atom. The zero-order valence-corrected chi connectivity index (χ0v) is 11.4. The molecule has 3 atom stereocenters. The van der Waals surface area contributed by atoms with Gasteiger partial charge < -0.3 is 5.73 Å². The first-order valence-corrected chi connectivity index (χ1v) is 7.58. The molecule has 0 bridgehead atoms. The smallest absolute Gasteiger partial charge is 0.0359 e. The molecule has 2 saturated carbocycles. The van der Waals surface area contributed by atoms with Crippen molar-refractivity contribution in [2.45, 2.75) is 31.2 Å². The molecule has 0 saturated heterocycles. The molecule has 0 aromatic carbocycles. The highest BCUT2D eigenvalue weighted by Crippen LogP contribution is 2.59. The first kappa shape index (κ1) is 11.7. The summed E-state index contributed by atoms with van der Waals surface area (Å²) in [6.45, 7) is 2.00. The van der Waals surface area contributed by atoms with E-state index in [1.807, 2.05) is 11.3 Å². The van der Waals surface area contributed by atoms with Crippen LogP contribution in [0.2, 0.25) is 0 Å². The van der Waals surface area contributed by atoms with E-state index in [0.29, 0.717) is 5.54 Å². The van der Waals surface area contributed by atoms with Crippen molar-refractivity contribution >= 4 is 11.3 Å². The summed E-state index contributed by atoms with van der Waals surface area (Å²) in [4.78, 5) is 4.05. The van der Waals surface area contributed by atoms with Crippen molar-refractivity contribution in [3.8, 4) is 0 Å². The molecular formula is C14H22N2S. The van der Waals surface area contributed by atoms with Crippen LogP contribution in [0.25, 0.3) is 0 Å². The summed E-state index contributed by atoms with van der Waals surface area (Å²) in [5, 5.41) is 2.17. The molecule has 2 N–H and O–H groups in total. The highest BCUT2D eigenvalue weighted by molar-refractivity contribution is 7.09. The second-order valence-corrected chi connectivity index (χ2v) is 6.73. The van der Waals surface area contributed by atoms with E-state index in [1.54, 1.807) is 0 Å². The lowest BCUT2D eigenvalue weighted by atomic mass is 9.91. The van der Waals surface area contributed by atoms with Crippen molar-refractivity contribution in [2.24, 2.45) is 17.6 Å². The lowest BCUT2D eigenvalue weighted by molar-refractivity contribution is 0.110. The second-order valence-electron chi connectivity index (χ2n) is 5.70. The molecular weight excluding hydrogens is 228 g/mol. The number of rotatable bonds is 5. The molecule has 94 valence electrons. The zero-order valence-electron chi connectivity index (χ0n) is 10.6. The van der Waals surface area contributed by atoms with Crippen molar-refractivity contribution < 1.29 is 0 Å². The standard InChI is InChI=1S/C14H22N2S/c1-16(7-5-12-3-2-8-17-12)14(10-15)6-4-11-9-13(11)14/h2-3,8,11,13H,4-7,9-10,15H2,1H3. The summed E-state index contributed by atoms with van der Waals surface area (Å²) in [7, 11) is 2.28. The lowest BCUT2D eigenvalue weighted by Gasteiger charge is -2.39. The molecule has 1 aromatic heterocycles. The van der Waals surface area contributed by atoms with Crippen LogP contribution in [0.3, 0.4) is 0 Å². The maximum absolute atomic E-state index is 6.10. The molecule has 0 radical (unpaired) electrons. The van der Waals surface area contributed by atoms with E-state index in [2.05, 4.69) is 29.5 Å². The van der Waals surface area contributed by atoms with Gasteiger partial charge in [0.1, 0.15) is 0 Å². The number of likely N-dealkylation sites (N-methyl/N-ethyl adjacent to an activating group) is 1. The van der Waals surface area contributed by atoms with E-state index in [9.17, 15) is 0 Å². The normalized spacial score (nSPS) is 35.2. The minimum Gasteiger partial charge on any atom is -0.329 e. The van der Waals surface area contributed by atoms with E-state index in [1.165, 1.54) is 30.6 Å². The van der Waals surface area contributed by atoms with E-state index in [4.69, 9.17) is 5.73 Å². The largest absolute Gasteiger partial charge is 0.329 e. The third kappa shape index (κ3) is 1.94. The highest BCUT2D eigenvalue weighted by atomic mass is 32.1. The van der Waals surface area contributed by atoms with Gasteiger partial charge in [0.25, 0.3) is 0 Å². The molecule has 3 unspecified atom stereocenters. The average molecular weight is 250 g/mol. The Hall–Kier alpha value is -0.380. The van der Waals surface area contributed by atoms with Crippen LogP contribution < -0.4 is 5.73 Å². The van der Waals surface area contributed by atoms with E-state index >= 15 is 0 Å². The molecule has 1 heterocycles. The number of fused-ring (bicyclic) bond motifs is 1. The van der Waals surface area contributed by atoms with Crippen LogP contribution in [0.4, 0.5) is 0 Å². The second kappa shape index (κ2) is 4.38. The minimum absolute atomic E-state index is 0.335. The third-order valence-electron chi connectivity index (χ3n) is 4.95. The van der Waals surface area contributed by atoms with Crippen molar-refractivity contribution in [3.05, 3.63) is 22.4 Å². The third-order valence-corrected chi connectivity index (χ3v) is 5.88. The van der Waals surface area contributed by atoms with Crippen LogP contribution in [0, 0.1) is 11.8 Å². The van der Waals surface area contributed by atoms with E-state index in [-0.39, 0.29) is 0 Å². The van der Waals surface area contributed by atoms with Crippen molar-refractivity contribution in [2.75, 3.05) is 20.1 Å². The van der Waals surface area contributed by atoms with Gasteiger partial charge in [-0.1, -0.05) is 6.07 Å². The summed E-state index contributed by atoms with van der Waals surface area (Å²) in [5.41, 5.74) is 6.43. The highest BCUT2D eigenvalue weighted by Gasteiger charge is 2.58. The molecule has 1 aromatic rings. The van der Waals surface area contributed by atoms with E-state index in [0.717, 1.165) is 24.9 Å². The average Bonchev–Trinajstić information content (AvgIpc) is 2.81. The van der Waals surface area contributed by atoms with Gasteiger partial charge in [-0.3, -0.25) is 4.90 Å². The van der Waals surface area contributed by atoms with Crippen LogP contribution in [-0.2, 0) is 6.42 Å².